The summed E-state index contributed by atoms with van der Waals surface area (Å²) in [5, 5.41) is 0. The van der Waals surface area contributed by atoms with Gasteiger partial charge in [-0.1, -0.05) is 32.4 Å². The molecule has 0 aliphatic rings. The standard InChI is InChI=1S/C11H14N2/c1-5-9-10-13(8-4)11(6-2)12-7-3/h5-10H,1-4H2/b10-9-,12-11?. The van der Waals surface area contributed by atoms with Crippen LogP contribution in [0.25, 0.3) is 0 Å². The van der Waals surface area contributed by atoms with Crippen molar-refractivity contribution in [1.82, 2.24) is 4.90 Å². The molecule has 0 unspecified atom stereocenters. The Balaban J connectivity index is 4.71. The van der Waals surface area contributed by atoms with E-state index in [1.807, 2.05) is 0 Å². The average Bonchev–Trinajstić information content (AvgIpc) is 2.17. The summed E-state index contributed by atoms with van der Waals surface area (Å²) in [6.45, 7) is 14.3. The molecule has 0 saturated heterocycles. The van der Waals surface area contributed by atoms with Gasteiger partial charge in [0.15, 0.2) is 0 Å². The Labute approximate surface area is 79.6 Å². The highest BCUT2D eigenvalue weighted by molar-refractivity contribution is 5.94. The van der Waals surface area contributed by atoms with E-state index in [0.29, 0.717) is 5.84 Å². The highest BCUT2D eigenvalue weighted by Crippen LogP contribution is 1.96. The van der Waals surface area contributed by atoms with Gasteiger partial charge in [0.2, 0.25) is 0 Å². The van der Waals surface area contributed by atoms with E-state index < -0.39 is 0 Å². The second-order valence-electron chi connectivity index (χ2n) is 2.04. The van der Waals surface area contributed by atoms with Crippen molar-refractivity contribution < 1.29 is 0 Å². The van der Waals surface area contributed by atoms with Crippen LogP contribution >= 0.6 is 0 Å². The number of hydrogen-bond donors (Lipinski definition) is 0. The van der Waals surface area contributed by atoms with Gasteiger partial charge in [0.25, 0.3) is 0 Å². The van der Waals surface area contributed by atoms with E-state index in [0.717, 1.165) is 0 Å². The Hall–Kier alpha value is -1.83. The topological polar surface area (TPSA) is 15.6 Å². The molecule has 13 heavy (non-hydrogen) atoms. The fourth-order valence-corrected chi connectivity index (χ4v) is 0.703. The molecule has 0 amide bonds. The SMILES string of the molecule is C=C/C=C\N(C=C)C(C=C)=NC=C. The summed E-state index contributed by atoms with van der Waals surface area (Å²) < 4.78 is 0. The number of rotatable bonds is 5. The Morgan fingerprint density at radius 3 is 2.23 bits per heavy atom. The fraction of sp³-hybridized carbons (Fsp3) is 0. The van der Waals surface area contributed by atoms with Gasteiger partial charge in [0.05, 0.1) is 0 Å². The molecule has 0 aromatic carbocycles. The molecular weight excluding hydrogens is 160 g/mol. The summed E-state index contributed by atoms with van der Waals surface area (Å²) in [6.07, 6.45) is 9.94. The Bertz CT molecular complexity index is 259. The van der Waals surface area contributed by atoms with Gasteiger partial charge in [-0.15, -0.1) is 0 Å². The average molecular weight is 174 g/mol. The summed E-state index contributed by atoms with van der Waals surface area (Å²) in [5.41, 5.74) is 0. The molecule has 0 atom stereocenters. The third-order valence-electron chi connectivity index (χ3n) is 1.25. The lowest BCUT2D eigenvalue weighted by Crippen LogP contribution is -2.16. The quantitative estimate of drug-likeness (QED) is 0.355. The van der Waals surface area contributed by atoms with Crippen molar-refractivity contribution in [2.45, 2.75) is 0 Å². The van der Waals surface area contributed by atoms with Crippen molar-refractivity contribution in [3.8, 4) is 0 Å². The van der Waals surface area contributed by atoms with Gasteiger partial charge >= 0.3 is 0 Å². The van der Waals surface area contributed by atoms with Crippen LogP contribution < -0.4 is 0 Å². The second-order valence-corrected chi connectivity index (χ2v) is 2.04. The van der Waals surface area contributed by atoms with E-state index in [1.165, 1.54) is 6.20 Å². The van der Waals surface area contributed by atoms with E-state index in [9.17, 15) is 0 Å². The number of hydrogen-bond acceptors (Lipinski definition) is 1. The largest absolute Gasteiger partial charge is 0.309 e. The van der Waals surface area contributed by atoms with Gasteiger partial charge in [-0.3, -0.25) is 0 Å². The van der Waals surface area contributed by atoms with Gasteiger partial charge in [-0.2, -0.15) is 0 Å². The zero-order chi connectivity index (χ0) is 10.1. The van der Waals surface area contributed by atoms with Crippen LogP contribution in [0.15, 0.2) is 68.1 Å². The fourth-order valence-electron chi connectivity index (χ4n) is 0.703. The summed E-state index contributed by atoms with van der Waals surface area (Å²) in [6, 6.07) is 0. The molecule has 0 radical (unpaired) electrons. The Morgan fingerprint density at radius 1 is 1.15 bits per heavy atom. The van der Waals surface area contributed by atoms with Crippen molar-refractivity contribution in [2.75, 3.05) is 0 Å². The first-order valence-electron chi connectivity index (χ1n) is 3.81. The van der Waals surface area contributed by atoms with Gasteiger partial charge in [-0.25, -0.2) is 4.99 Å². The van der Waals surface area contributed by atoms with Gasteiger partial charge in [0.1, 0.15) is 5.84 Å². The van der Waals surface area contributed by atoms with Crippen molar-refractivity contribution >= 4 is 5.84 Å². The predicted octanol–water partition coefficient (Wildman–Crippen LogP) is 2.86. The molecule has 0 rings (SSSR count). The van der Waals surface area contributed by atoms with Crippen LogP contribution in [0.3, 0.4) is 0 Å². The molecule has 0 heterocycles. The second kappa shape index (κ2) is 6.85. The normalized spacial score (nSPS) is 10.9. The van der Waals surface area contributed by atoms with Crippen LogP contribution in [0.1, 0.15) is 0 Å². The molecule has 0 aliphatic heterocycles. The molecule has 68 valence electrons. The first-order valence-corrected chi connectivity index (χ1v) is 3.81. The lowest BCUT2D eigenvalue weighted by Gasteiger charge is -2.13. The van der Waals surface area contributed by atoms with Crippen molar-refractivity contribution in [2.24, 2.45) is 4.99 Å². The number of nitrogens with zero attached hydrogens (tertiary/aromatic N) is 2. The van der Waals surface area contributed by atoms with Crippen molar-refractivity contribution in [3.63, 3.8) is 0 Å². The molecule has 0 aromatic rings. The van der Waals surface area contributed by atoms with Crippen LogP contribution in [0.4, 0.5) is 0 Å². The van der Waals surface area contributed by atoms with Gasteiger partial charge < -0.3 is 4.90 Å². The van der Waals surface area contributed by atoms with Gasteiger partial charge in [0, 0.05) is 18.6 Å². The van der Waals surface area contributed by atoms with E-state index in [-0.39, 0.29) is 0 Å². The first-order chi connectivity index (χ1) is 6.29. The van der Waals surface area contributed by atoms with Crippen molar-refractivity contribution in [3.05, 3.63) is 63.1 Å². The third-order valence-corrected chi connectivity index (χ3v) is 1.25. The monoisotopic (exact) mass is 174 g/mol. The molecular formula is C11H14N2. The first kappa shape index (κ1) is 11.2. The van der Waals surface area contributed by atoms with Crippen LogP contribution in [-0.2, 0) is 0 Å². The molecule has 0 bridgehead atoms. The van der Waals surface area contributed by atoms with E-state index >= 15 is 0 Å². The van der Waals surface area contributed by atoms with Crippen LogP contribution in [0, 0.1) is 0 Å². The molecule has 0 fully saturated rings. The van der Waals surface area contributed by atoms with Crippen molar-refractivity contribution in [1.29, 1.82) is 0 Å². The minimum atomic E-state index is 0.670. The van der Waals surface area contributed by atoms with E-state index in [4.69, 9.17) is 0 Å². The molecule has 0 aliphatic carbocycles. The molecule has 2 nitrogen and oxygen atoms in total. The summed E-state index contributed by atoms with van der Waals surface area (Å²) in [4.78, 5) is 5.72. The molecule has 0 saturated carbocycles. The van der Waals surface area contributed by atoms with E-state index in [2.05, 4.69) is 31.3 Å². The molecule has 0 aromatic heterocycles. The van der Waals surface area contributed by atoms with Crippen LogP contribution in [-0.4, -0.2) is 10.7 Å². The minimum absolute atomic E-state index is 0.670. The number of aliphatic imine (C=N–C) groups is 1. The maximum absolute atomic E-state index is 4.00. The minimum Gasteiger partial charge on any atom is -0.309 e. The number of allylic oxidation sites excluding steroid dienone is 2. The smallest absolute Gasteiger partial charge is 0.135 e. The predicted molar refractivity (Wildman–Crippen MR) is 59.2 cm³/mol. The Morgan fingerprint density at radius 2 is 1.85 bits per heavy atom. The maximum Gasteiger partial charge on any atom is 0.135 e. The van der Waals surface area contributed by atoms with E-state index in [1.54, 1.807) is 35.5 Å². The summed E-state index contributed by atoms with van der Waals surface area (Å²) >= 11 is 0. The summed E-state index contributed by atoms with van der Waals surface area (Å²) in [7, 11) is 0. The highest BCUT2D eigenvalue weighted by atomic mass is 15.1. The lowest BCUT2D eigenvalue weighted by molar-refractivity contribution is 0.766. The molecule has 0 N–H and O–H groups in total. The molecule has 0 spiro atoms. The highest BCUT2D eigenvalue weighted by Gasteiger charge is 1.97. The lowest BCUT2D eigenvalue weighted by atomic mass is 10.4. The van der Waals surface area contributed by atoms with Crippen LogP contribution in [0.2, 0.25) is 0 Å². The summed E-state index contributed by atoms with van der Waals surface area (Å²) in [5.74, 6) is 0.670. The zero-order valence-corrected chi connectivity index (χ0v) is 7.69. The third kappa shape index (κ3) is 3.91. The van der Waals surface area contributed by atoms with Gasteiger partial charge in [-0.05, 0) is 12.2 Å². The Kier molecular flexibility index (Phi) is 5.89. The zero-order valence-electron chi connectivity index (χ0n) is 7.69. The maximum atomic E-state index is 4.00. The molecule has 2 heteroatoms. The van der Waals surface area contributed by atoms with Crippen LogP contribution in [0.5, 0.6) is 0 Å². The number of amidine groups is 1.